The predicted molar refractivity (Wildman–Crippen MR) is 115 cm³/mol. The number of carbonyl (C=O) groups excluding carboxylic acids is 2. The number of para-hydroxylation sites is 1. The summed E-state index contributed by atoms with van der Waals surface area (Å²) in [5.41, 5.74) is 1.02. The summed E-state index contributed by atoms with van der Waals surface area (Å²) in [4.78, 5) is 32.7. The zero-order chi connectivity index (χ0) is 20.4. The number of hydrogen-bond acceptors (Lipinski definition) is 5. The van der Waals surface area contributed by atoms with Crippen molar-refractivity contribution >= 4 is 29.3 Å². The van der Waals surface area contributed by atoms with Crippen molar-refractivity contribution in [2.24, 2.45) is 0 Å². The fourth-order valence-corrected chi connectivity index (χ4v) is 4.95. The highest BCUT2D eigenvalue weighted by molar-refractivity contribution is 8.00. The Bertz CT molecular complexity index is 889. The fourth-order valence-electron chi connectivity index (χ4n) is 3.84. The van der Waals surface area contributed by atoms with Crippen LogP contribution in [0.4, 0.5) is 5.69 Å². The smallest absolute Gasteiger partial charge is 0.289 e. The van der Waals surface area contributed by atoms with Crippen molar-refractivity contribution in [1.29, 1.82) is 0 Å². The summed E-state index contributed by atoms with van der Waals surface area (Å²) in [6, 6.07) is 11.7. The van der Waals surface area contributed by atoms with E-state index < -0.39 is 0 Å². The summed E-state index contributed by atoms with van der Waals surface area (Å²) in [5, 5.41) is 0.494. The number of hydrogen-bond donors (Lipinski definition) is 0. The average Bonchev–Trinajstić information content (AvgIpc) is 3.07. The second-order valence-electron chi connectivity index (χ2n) is 7.71. The van der Waals surface area contributed by atoms with E-state index >= 15 is 0 Å². The molecule has 7 heteroatoms. The highest BCUT2D eigenvalue weighted by atomic mass is 32.2. The van der Waals surface area contributed by atoms with E-state index in [4.69, 9.17) is 4.42 Å². The molecular formula is C22H27N3O3S. The maximum absolute atomic E-state index is 13.1. The van der Waals surface area contributed by atoms with Crippen molar-refractivity contribution in [3.63, 3.8) is 0 Å². The van der Waals surface area contributed by atoms with Gasteiger partial charge in [-0.3, -0.25) is 14.5 Å². The van der Waals surface area contributed by atoms with Crippen LogP contribution in [-0.2, 0) is 4.79 Å². The molecule has 1 unspecified atom stereocenters. The molecule has 29 heavy (non-hydrogen) atoms. The summed E-state index contributed by atoms with van der Waals surface area (Å²) in [5.74, 6) is 1.19. The molecule has 0 radical (unpaired) electrons. The van der Waals surface area contributed by atoms with Gasteiger partial charge in [-0.05, 0) is 37.6 Å². The minimum atomic E-state index is -0.0727. The van der Waals surface area contributed by atoms with E-state index in [1.165, 1.54) is 4.90 Å². The van der Waals surface area contributed by atoms with Crippen LogP contribution in [0.5, 0.6) is 0 Å². The number of carbonyl (C=O) groups is 2. The van der Waals surface area contributed by atoms with Gasteiger partial charge in [-0.2, -0.15) is 0 Å². The molecule has 2 aromatic rings. The summed E-state index contributed by atoms with van der Waals surface area (Å²) < 4.78 is 5.46. The molecule has 2 amide bonds. The van der Waals surface area contributed by atoms with Gasteiger partial charge in [0.15, 0.2) is 5.76 Å². The van der Waals surface area contributed by atoms with Crippen molar-refractivity contribution in [1.82, 2.24) is 9.80 Å². The molecule has 2 aliphatic rings. The van der Waals surface area contributed by atoms with Crippen molar-refractivity contribution in [3.05, 3.63) is 47.9 Å². The van der Waals surface area contributed by atoms with E-state index in [0.29, 0.717) is 43.7 Å². The van der Waals surface area contributed by atoms with Crippen LogP contribution < -0.4 is 4.90 Å². The lowest BCUT2D eigenvalue weighted by molar-refractivity contribution is -0.120. The summed E-state index contributed by atoms with van der Waals surface area (Å²) in [6.07, 6.45) is 0.982. The molecule has 0 spiro atoms. The third-order valence-corrected chi connectivity index (χ3v) is 6.75. The lowest BCUT2D eigenvalue weighted by atomic mass is 10.2. The maximum Gasteiger partial charge on any atom is 0.289 e. The Kier molecular flexibility index (Phi) is 5.96. The number of benzene rings is 1. The van der Waals surface area contributed by atoms with Crippen molar-refractivity contribution in [3.8, 4) is 0 Å². The van der Waals surface area contributed by atoms with Gasteiger partial charge in [0, 0.05) is 42.9 Å². The average molecular weight is 414 g/mol. The molecule has 1 atom stereocenters. The number of anilines is 1. The van der Waals surface area contributed by atoms with Crippen LogP contribution in [0, 0.1) is 6.92 Å². The molecule has 2 aliphatic heterocycles. The summed E-state index contributed by atoms with van der Waals surface area (Å²) in [6.45, 7) is 7.78. The van der Waals surface area contributed by atoms with Crippen LogP contribution >= 0.6 is 11.8 Å². The van der Waals surface area contributed by atoms with Gasteiger partial charge in [0.1, 0.15) is 5.76 Å². The zero-order valence-electron chi connectivity index (χ0n) is 17.0. The Morgan fingerprint density at radius 3 is 2.55 bits per heavy atom. The Morgan fingerprint density at radius 1 is 1.07 bits per heavy atom. The minimum Gasteiger partial charge on any atom is -0.456 e. The maximum atomic E-state index is 13.1. The third kappa shape index (κ3) is 4.51. The van der Waals surface area contributed by atoms with E-state index in [1.54, 1.807) is 17.0 Å². The molecule has 1 saturated heterocycles. The first-order valence-corrected chi connectivity index (χ1v) is 11.0. The highest BCUT2D eigenvalue weighted by Gasteiger charge is 2.28. The van der Waals surface area contributed by atoms with Crippen LogP contribution in [-0.4, -0.2) is 66.1 Å². The third-order valence-electron chi connectivity index (χ3n) is 5.51. The number of piperazine rings is 1. The molecule has 0 bridgehead atoms. The van der Waals surface area contributed by atoms with Gasteiger partial charge < -0.3 is 14.2 Å². The molecule has 0 N–H and O–H groups in total. The molecule has 0 aliphatic carbocycles. The van der Waals surface area contributed by atoms with E-state index in [-0.39, 0.29) is 11.8 Å². The fraction of sp³-hybridized carbons (Fsp3) is 0.455. The highest BCUT2D eigenvalue weighted by Crippen LogP contribution is 2.37. The number of rotatable bonds is 3. The van der Waals surface area contributed by atoms with Gasteiger partial charge in [-0.1, -0.05) is 19.1 Å². The molecule has 154 valence electrons. The Balaban J connectivity index is 1.36. The van der Waals surface area contributed by atoms with Crippen LogP contribution in [0.1, 0.15) is 29.7 Å². The SMILES string of the molecule is Cc1ccc(C(=O)N2CCN(CC(=O)N3CCC(C)Sc4ccccc43)CC2)o1. The largest absolute Gasteiger partial charge is 0.456 e. The summed E-state index contributed by atoms with van der Waals surface area (Å²) in [7, 11) is 0. The number of furan rings is 1. The van der Waals surface area contributed by atoms with Crippen molar-refractivity contribution < 1.29 is 14.0 Å². The van der Waals surface area contributed by atoms with Gasteiger partial charge in [-0.25, -0.2) is 0 Å². The molecule has 1 aromatic heterocycles. The predicted octanol–water partition coefficient (Wildman–Crippen LogP) is 3.26. The second-order valence-corrected chi connectivity index (χ2v) is 9.19. The molecule has 1 aromatic carbocycles. The minimum absolute atomic E-state index is 0.0727. The quantitative estimate of drug-likeness (QED) is 0.773. The van der Waals surface area contributed by atoms with Crippen molar-refractivity contribution in [2.45, 2.75) is 30.4 Å². The first-order chi connectivity index (χ1) is 14.0. The normalized spacial score (nSPS) is 20.3. The van der Waals surface area contributed by atoms with Crippen LogP contribution in [0.3, 0.4) is 0 Å². The Labute approximate surface area is 175 Å². The molecule has 6 nitrogen and oxygen atoms in total. The van der Waals surface area contributed by atoms with Crippen LogP contribution in [0.25, 0.3) is 0 Å². The molecule has 3 heterocycles. The van der Waals surface area contributed by atoms with Gasteiger partial charge in [0.2, 0.25) is 5.91 Å². The molecule has 4 rings (SSSR count). The van der Waals surface area contributed by atoms with Crippen molar-refractivity contribution in [2.75, 3.05) is 44.2 Å². The topological polar surface area (TPSA) is 57.0 Å². The number of fused-ring (bicyclic) bond motifs is 1. The zero-order valence-corrected chi connectivity index (χ0v) is 17.8. The number of thioether (sulfide) groups is 1. The Morgan fingerprint density at radius 2 is 1.83 bits per heavy atom. The van der Waals surface area contributed by atoms with E-state index in [2.05, 4.69) is 17.9 Å². The Hall–Kier alpha value is -2.25. The molecule has 1 fully saturated rings. The monoisotopic (exact) mass is 413 g/mol. The van der Waals surface area contributed by atoms with Gasteiger partial charge >= 0.3 is 0 Å². The molecule has 0 saturated carbocycles. The lowest BCUT2D eigenvalue weighted by Crippen LogP contribution is -2.51. The van der Waals surface area contributed by atoms with Crippen LogP contribution in [0.2, 0.25) is 0 Å². The van der Waals surface area contributed by atoms with Gasteiger partial charge in [0.25, 0.3) is 5.91 Å². The second kappa shape index (κ2) is 8.63. The van der Waals surface area contributed by atoms with Gasteiger partial charge in [0.05, 0.1) is 12.2 Å². The van der Waals surface area contributed by atoms with Gasteiger partial charge in [-0.15, -0.1) is 11.8 Å². The molecular weight excluding hydrogens is 386 g/mol. The number of aryl methyl sites for hydroxylation is 1. The number of amides is 2. The number of nitrogens with zero attached hydrogens (tertiary/aromatic N) is 3. The first-order valence-electron chi connectivity index (χ1n) is 10.2. The van der Waals surface area contributed by atoms with E-state index in [9.17, 15) is 9.59 Å². The standard InChI is InChI=1S/C22H27N3O3S/c1-16-7-8-19(28-16)22(27)24-13-11-23(12-14-24)15-21(26)25-10-9-17(2)29-20-6-4-3-5-18(20)25/h3-8,17H,9-15H2,1-2H3. The first kappa shape index (κ1) is 20.0. The van der Waals surface area contributed by atoms with E-state index in [0.717, 1.165) is 24.4 Å². The summed E-state index contributed by atoms with van der Waals surface area (Å²) >= 11 is 1.84. The lowest BCUT2D eigenvalue weighted by Gasteiger charge is -2.35. The van der Waals surface area contributed by atoms with E-state index in [1.807, 2.05) is 41.8 Å². The van der Waals surface area contributed by atoms with Crippen LogP contribution in [0.15, 0.2) is 45.7 Å².